The lowest BCUT2D eigenvalue weighted by atomic mass is 9.89. The number of aliphatic carboxylic acids is 1. The molecular weight excluding hydrogens is 332 g/mol. The Morgan fingerprint density at radius 2 is 2.00 bits per heavy atom. The van der Waals surface area contributed by atoms with Crippen LogP contribution in [0.2, 0.25) is 0 Å². The average molecular weight is 360 g/mol. The fourth-order valence-corrected chi connectivity index (χ4v) is 3.07. The Labute approximate surface area is 154 Å². The highest BCUT2D eigenvalue weighted by Crippen LogP contribution is 2.30. The Morgan fingerprint density at radius 1 is 1.31 bits per heavy atom. The number of carboxylic acids is 1. The van der Waals surface area contributed by atoms with Crippen molar-refractivity contribution in [3.8, 4) is 5.75 Å². The zero-order valence-electron chi connectivity index (χ0n) is 16.2. The number of amides is 1. The SMILES string of the molecule is CCCn1c(C)c(C(=O)NCCC(C)(C)C(=O)O)c2cc(OC)ccc21. The van der Waals surface area contributed by atoms with Gasteiger partial charge in [-0.05, 0) is 51.8 Å². The minimum Gasteiger partial charge on any atom is -0.497 e. The Kier molecular flexibility index (Phi) is 5.95. The summed E-state index contributed by atoms with van der Waals surface area (Å²) in [6.07, 6.45) is 1.33. The van der Waals surface area contributed by atoms with Gasteiger partial charge in [0.1, 0.15) is 5.75 Å². The van der Waals surface area contributed by atoms with E-state index in [1.807, 2.05) is 25.1 Å². The molecule has 6 nitrogen and oxygen atoms in total. The summed E-state index contributed by atoms with van der Waals surface area (Å²) in [5, 5.41) is 12.9. The zero-order chi connectivity index (χ0) is 19.5. The van der Waals surface area contributed by atoms with E-state index in [-0.39, 0.29) is 5.91 Å². The number of carbonyl (C=O) groups is 2. The first-order chi connectivity index (χ1) is 12.2. The van der Waals surface area contributed by atoms with Crippen molar-refractivity contribution in [1.29, 1.82) is 0 Å². The molecule has 1 aromatic carbocycles. The summed E-state index contributed by atoms with van der Waals surface area (Å²) < 4.78 is 7.46. The van der Waals surface area contributed by atoms with E-state index >= 15 is 0 Å². The van der Waals surface area contributed by atoms with E-state index < -0.39 is 11.4 Å². The average Bonchev–Trinajstić information content (AvgIpc) is 2.86. The van der Waals surface area contributed by atoms with Crippen molar-refractivity contribution < 1.29 is 19.4 Å². The van der Waals surface area contributed by atoms with Crippen molar-refractivity contribution in [2.24, 2.45) is 5.41 Å². The lowest BCUT2D eigenvalue weighted by molar-refractivity contribution is -0.147. The van der Waals surface area contributed by atoms with Crippen molar-refractivity contribution in [3.63, 3.8) is 0 Å². The number of carboxylic acid groups (broad SMARTS) is 1. The number of methoxy groups -OCH3 is 1. The molecule has 2 aromatic rings. The van der Waals surface area contributed by atoms with Crippen molar-refractivity contribution in [3.05, 3.63) is 29.5 Å². The largest absolute Gasteiger partial charge is 0.497 e. The van der Waals surface area contributed by atoms with Gasteiger partial charge in [0.15, 0.2) is 0 Å². The summed E-state index contributed by atoms with van der Waals surface area (Å²) in [5.41, 5.74) is 1.66. The second-order valence-electron chi connectivity index (χ2n) is 7.19. The zero-order valence-corrected chi connectivity index (χ0v) is 16.2. The van der Waals surface area contributed by atoms with Crippen LogP contribution in [0.15, 0.2) is 18.2 Å². The number of hydrogen-bond donors (Lipinski definition) is 2. The molecule has 1 amide bonds. The third-order valence-corrected chi connectivity index (χ3v) is 4.82. The number of ether oxygens (including phenoxy) is 1. The molecule has 2 rings (SSSR count). The molecule has 0 aliphatic rings. The van der Waals surface area contributed by atoms with Gasteiger partial charge in [-0.15, -0.1) is 0 Å². The first-order valence-electron chi connectivity index (χ1n) is 8.91. The molecule has 0 bridgehead atoms. The number of aryl methyl sites for hydroxylation is 1. The van der Waals surface area contributed by atoms with E-state index in [0.717, 1.165) is 29.6 Å². The molecule has 0 aliphatic heterocycles. The molecule has 26 heavy (non-hydrogen) atoms. The molecule has 0 saturated carbocycles. The third kappa shape index (κ3) is 3.84. The lowest BCUT2D eigenvalue weighted by Gasteiger charge is -2.19. The number of carbonyl (C=O) groups excluding carboxylic acids is 1. The molecule has 1 aromatic heterocycles. The van der Waals surface area contributed by atoms with Crippen LogP contribution in [0.1, 0.15) is 49.7 Å². The van der Waals surface area contributed by atoms with E-state index in [0.29, 0.717) is 24.3 Å². The van der Waals surface area contributed by atoms with Gasteiger partial charge in [-0.1, -0.05) is 6.92 Å². The highest BCUT2D eigenvalue weighted by Gasteiger charge is 2.27. The van der Waals surface area contributed by atoms with Gasteiger partial charge < -0.3 is 19.7 Å². The molecule has 0 atom stereocenters. The summed E-state index contributed by atoms with van der Waals surface area (Å²) in [5.74, 6) is -0.351. The topological polar surface area (TPSA) is 80.6 Å². The normalized spacial score (nSPS) is 11.6. The Balaban J connectivity index is 2.33. The Hall–Kier alpha value is -2.50. The lowest BCUT2D eigenvalue weighted by Crippen LogP contribution is -2.32. The van der Waals surface area contributed by atoms with Crippen LogP contribution in [0.3, 0.4) is 0 Å². The van der Waals surface area contributed by atoms with Gasteiger partial charge in [0.05, 0.1) is 18.1 Å². The minimum absolute atomic E-state index is 0.184. The van der Waals surface area contributed by atoms with Crippen molar-refractivity contribution in [2.45, 2.75) is 47.1 Å². The van der Waals surface area contributed by atoms with E-state index in [1.165, 1.54) is 0 Å². The number of nitrogens with zero attached hydrogens (tertiary/aromatic N) is 1. The molecule has 2 N–H and O–H groups in total. The van der Waals surface area contributed by atoms with Gasteiger partial charge in [-0.25, -0.2) is 0 Å². The van der Waals surface area contributed by atoms with E-state index in [9.17, 15) is 14.7 Å². The third-order valence-electron chi connectivity index (χ3n) is 4.82. The molecule has 142 valence electrons. The number of hydrogen-bond acceptors (Lipinski definition) is 3. The molecule has 0 saturated heterocycles. The summed E-state index contributed by atoms with van der Waals surface area (Å²) in [6.45, 7) is 8.49. The van der Waals surface area contributed by atoms with Gasteiger partial charge in [0.2, 0.25) is 0 Å². The van der Waals surface area contributed by atoms with Gasteiger partial charge in [-0.3, -0.25) is 9.59 Å². The highest BCUT2D eigenvalue weighted by atomic mass is 16.5. The maximum Gasteiger partial charge on any atom is 0.309 e. The second-order valence-corrected chi connectivity index (χ2v) is 7.19. The van der Waals surface area contributed by atoms with Crippen LogP contribution in [0.25, 0.3) is 10.9 Å². The summed E-state index contributed by atoms with van der Waals surface area (Å²) in [7, 11) is 1.60. The smallest absolute Gasteiger partial charge is 0.309 e. The Bertz CT molecular complexity index is 821. The number of rotatable bonds is 8. The quantitative estimate of drug-likeness (QED) is 0.754. The van der Waals surface area contributed by atoms with Crippen molar-refractivity contribution in [2.75, 3.05) is 13.7 Å². The summed E-state index contributed by atoms with van der Waals surface area (Å²) >= 11 is 0. The van der Waals surface area contributed by atoms with Crippen LogP contribution in [0.4, 0.5) is 0 Å². The fourth-order valence-electron chi connectivity index (χ4n) is 3.07. The van der Waals surface area contributed by atoms with Crippen LogP contribution < -0.4 is 10.1 Å². The van der Waals surface area contributed by atoms with Crippen molar-refractivity contribution >= 4 is 22.8 Å². The molecular formula is C20H28N2O4. The molecule has 6 heteroatoms. The minimum atomic E-state index is -0.873. The van der Waals surface area contributed by atoms with E-state index in [4.69, 9.17) is 4.74 Å². The van der Waals surface area contributed by atoms with Gasteiger partial charge in [-0.2, -0.15) is 0 Å². The predicted molar refractivity (Wildman–Crippen MR) is 102 cm³/mol. The van der Waals surface area contributed by atoms with Gasteiger partial charge in [0.25, 0.3) is 5.91 Å². The highest BCUT2D eigenvalue weighted by molar-refractivity contribution is 6.08. The number of aromatic nitrogens is 1. The molecule has 1 heterocycles. The van der Waals surface area contributed by atoms with E-state index in [1.54, 1.807) is 21.0 Å². The van der Waals surface area contributed by atoms with Crippen LogP contribution in [0, 0.1) is 12.3 Å². The number of fused-ring (bicyclic) bond motifs is 1. The Morgan fingerprint density at radius 3 is 2.58 bits per heavy atom. The molecule has 0 radical (unpaired) electrons. The number of benzene rings is 1. The van der Waals surface area contributed by atoms with Crippen molar-refractivity contribution in [1.82, 2.24) is 9.88 Å². The first-order valence-corrected chi connectivity index (χ1v) is 8.91. The van der Waals surface area contributed by atoms with Crippen LogP contribution in [0.5, 0.6) is 5.75 Å². The second kappa shape index (κ2) is 7.81. The summed E-state index contributed by atoms with van der Waals surface area (Å²) in [4.78, 5) is 24.1. The van der Waals surface area contributed by atoms with Gasteiger partial charge in [0, 0.05) is 29.7 Å². The monoisotopic (exact) mass is 360 g/mol. The summed E-state index contributed by atoms with van der Waals surface area (Å²) in [6, 6.07) is 5.75. The maximum absolute atomic E-state index is 12.8. The molecule has 0 unspecified atom stereocenters. The molecule has 0 spiro atoms. The van der Waals surface area contributed by atoms with Crippen LogP contribution >= 0.6 is 0 Å². The predicted octanol–water partition coefficient (Wildman–Crippen LogP) is 3.60. The molecule has 0 fully saturated rings. The van der Waals surface area contributed by atoms with Crippen LogP contribution in [-0.2, 0) is 11.3 Å². The van der Waals surface area contributed by atoms with Crippen LogP contribution in [-0.4, -0.2) is 35.2 Å². The first kappa shape index (κ1) is 19.8. The standard InChI is InChI=1S/C20H28N2O4/c1-6-11-22-13(2)17(15-12-14(26-5)7-8-16(15)22)18(23)21-10-9-20(3,4)19(24)25/h7-8,12H,6,9-11H2,1-5H3,(H,21,23)(H,24,25). The van der Waals surface area contributed by atoms with Gasteiger partial charge >= 0.3 is 5.97 Å². The maximum atomic E-state index is 12.8. The number of nitrogens with one attached hydrogen (secondary N) is 1. The van der Waals surface area contributed by atoms with E-state index in [2.05, 4.69) is 16.8 Å². The fraction of sp³-hybridized carbons (Fsp3) is 0.500. The molecule has 0 aliphatic carbocycles.